The van der Waals surface area contributed by atoms with Crippen molar-refractivity contribution in [2.45, 2.75) is 32.6 Å². The highest BCUT2D eigenvalue weighted by molar-refractivity contribution is 5.70. The summed E-state index contributed by atoms with van der Waals surface area (Å²) in [6.45, 7) is 6.30. The molecule has 0 bridgehead atoms. The molecule has 0 spiro atoms. The van der Waals surface area contributed by atoms with Gasteiger partial charge in [0.1, 0.15) is 23.0 Å². The Morgan fingerprint density at radius 3 is 1.26 bits per heavy atom. The molecule has 0 heterocycles. The number of hydrogen-bond acceptors (Lipinski definition) is 4. The number of aromatic hydroxyl groups is 4. The number of phenolic OH excluding ortho intramolecular Hbond substituents is 4. The van der Waals surface area contributed by atoms with Crippen LogP contribution in [0.25, 0.3) is 22.3 Å². The monoisotopic (exact) mass is 454 g/mol. The van der Waals surface area contributed by atoms with Gasteiger partial charge in [-0.15, -0.1) is 0 Å². The molecule has 174 valence electrons. The fourth-order valence-electron chi connectivity index (χ4n) is 4.80. The van der Waals surface area contributed by atoms with Crippen LogP contribution in [0.5, 0.6) is 23.0 Å². The molecule has 0 fully saturated rings. The Hall–Kier alpha value is -3.92. The third kappa shape index (κ3) is 4.58. The molecular weight excluding hydrogens is 424 g/mol. The third-order valence-corrected chi connectivity index (χ3v) is 6.40. The lowest BCUT2D eigenvalue weighted by Gasteiger charge is -2.34. The summed E-state index contributed by atoms with van der Waals surface area (Å²) in [5.41, 5.74) is 4.45. The topological polar surface area (TPSA) is 80.9 Å². The molecule has 0 aliphatic carbocycles. The number of phenols is 4. The van der Waals surface area contributed by atoms with Crippen molar-refractivity contribution >= 4 is 0 Å². The van der Waals surface area contributed by atoms with Gasteiger partial charge in [-0.1, -0.05) is 57.2 Å². The lowest BCUT2D eigenvalue weighted by molar-refractivity contribution is 0.381. The lowest BCUT2D eigenvalue weighted by Crippen LogP contribution is -2.26. The average Bonchev–Trinajstić information content (AvgIpc) is 2.80. The van der Waals surface area contributed by atoms with Crippen molar-refractivity contribution in [2.75, 3.05) is 0 Å². The number of hydrogen-bond donors (Lipinski definition) is 4. The fourth-order valence-corrected chi connectivity index (χ4v) is 4.80. The Morgan fingerprint density at radius 1 is 0.559 bits per heavy atom. The van der Waals surface area contributed by atoms with Crippen molar-refractivity contribution in [3.05, 3.63) is 96.1 Å². The molecule has 4 N–H and O–H groups in total. The van der Waals surface area contributed by atoms with E-state index < -0.39 is 5.41 Å². The Kier molecular flexibility index (Phi) is 6.25. The summed E-state index contributed by atoms with van der Waals surface area (Å²) < 4.78 is 0. The van der Waals surface area contributed by atoms with Gasteiger partial charge in [0.15, 0.2) is 0 Å². The second-order valence-corrected chi connectivity index (χ2v) is 9.49. The van der Waals surface area contributed by atoms with Crippen molar-refractivity contribution in [1.29, 1.82) is 0 Å². The van der Waals surface area contributed by atoms with E-state index in [1.54, 1.807) is 36.4 Å². The first-order valence-corrected chi connectivity index (χ1v) is 11.4. The molecule has 0 atom stereocenters. The SMILES string of the molecule is CC(C)CC(C)(c1cc(-c2ccc(O)cc2)ccc1O)c1cc(-c2ccc(O)cc2)ccc1O. The van der Waals surface area contributed by atoms with E-state index in [2.05, 4.69) is 20.8 Å². The zero-order valence-corrected chi connectivity index (χ0v) is 19.7. The second kappa shape index (κ2) is 9.14. The van der Waals surface area contributed by atoms with Crippen molar-refractivity contribution < 1.29 is 20.4 Å². The van der Waals surface area contributed by atoms with Crippen LogP contribution in [0.4, 0.5) is 0 Å². The van der Waals surface area contributed by atoms with Crippen LogP contribution in [-0.2, 0) is 5.41 Å². The molecule has 0 aliphatic rings. The second-order valence-electron chi connectivity index (χ2n) is 9.49. The van der Waals surface area contributed by atoms with Crippen molar-refractivity contribution in [1.82, 2.24) is 0 Å². The molecule has 4 rings (SSSR count). The highest BCUT2D eigenvalue weighted by Crippen LogP contribution is 2.47. The van der Waals surface area contributed by atoms with Gasteiger partial charge in [0.2, 0.25) is 0 Å². The van der Waals surface area contributed by atoms with Gasteiger partial charge < -0.3 is 20.4 Å². The molecule has 0 unspecified atom stereocenters. The largest absolute Gasteiger partial charge is 0.508 e. The zero-order valence-electron chi connectivity index (χ0n) is 19.7. The van der Waals surface area contributed by atoms with Gasteiger partial charge in [-0.3, -0.25) is 0 Å². The van der Waals surface area contributed by atoms with Crippen LogP contribution in [0.2, 0.25) is 0 Å². The number of rotatable bonds is 6. The van der Waals surface area contributed by atoms with E-state index in [9.17, 15) is 20.4 Å². The van der Waals surface area contributed by atoms with E-state index in [1.807, 2.05) is 48.5 Å². The van der Waals surface area contributed by atoms with E-state index >= 15 is 0 Å². The maximum Gasteiger partial charge on any atom is 0.119 e. The van der Waals surface area contributed by atoms with Gasteiger partial charge in [-0.05, 0) is 83.1 Å². The Bertz CT molecular complexity index is 1190. The van der Waals surface area contributed by atoms with E-state index in [-0.39, 0.29) is 23.0 Å². The van der Waals surface area contributed by atoms with Gasteiger partial charge in [-0.25, -0.2) is 0 Å². The van der Waals surface area contributed by atoms with Gasteiger partial charge in [0.25, 0.3) is 0 Å². The minimum Gasteiger partial charge on any atom is -0.508 e. The third-order valence-electron chi connectivity index (χ3n) is 6.40. The minimum atomic E-state index is -0.678. The molecule has 0 aromatic heterocycles. The molecule has 0 amide bonds. The first-order chi connectivity index (χ1) is 16.2. The number of benzene rings is 4. The Labute approximate surface area is 200 Å². The van der Waals surface area contributed by atoms with Gasteiger partial charge in [-0.2, -0.15) is 0 Å². The van der Waals surface area contributed by atoms with E-state index in [0.29, 0.717) is 12.3 Å². The van der Waals surface area contributed by atoms with E-state index in [4.69, 9.17) is 0 Å². The molecule has 0 aliphatic heterocycles. The Balaban J connectivity index is 1.89. The molecule has 0 radical (unpaired) electrons. The average molecular weight is 455 g/mol. The summed E-state index contributed by atoms with van der Waals surface area (Å²) in [5.74, 6) is 1.02. The standard InChI is InChI=1S/C30H30O4/c1-19(2)18-30(3,26-16-22(8-14-28(26)33)20-4-10-24(31)11-5-20)27-17-23(9-15-29(27)34)21-6-12-25(32)13-7-21/h4-17,19,31-34H,18H2,1-3H3. The van der Waals surface area contributed by atoms with Crippen LogP contribution < -0.4 is 0 Å². The quantitative estimate of drug-likeness (QED) is 0.248. The van der Waals surface area contributed by atoms with Crippen molar-refractivity contribution in [2.24, 2.45) is 5.92 Å². The van der Waals surface area contributed by atoms with E-state index in [0.717, 1.165) is 33.4 Å². The van der Waals surface area contributed by atoms with Crippen LogP contribution >= 0.6 is 0 Å². The van der Waals surface area contributed by atoms with Crippen LogP contribution in [-0.4, -0.2) is 20.4 Å². The summed E-state index contributed by atoms with van der Waals surface area (Å²) in [6.07, 6.45) is 0.701. The lowest BCUT2D eigenvalue weighted by atomic mass is 9.69. The maximum atomic E-state index is 11.0. The van der Waals surface area contributed by atoms with Gasteiger partial charge >= 0.3 is 0 Å². The van der Waals surface area contributed by atoms with Crippen molar-refractivity contribution in [3.8, 4) is 45.3 Å². The van der Waals surface area contributed by atoms with Gasteiger partial charge in [0, 0.05) is 16.5 Å². The minimum absolute atomic E-state index is 0.167. The molecule has 34 heavy (non-hydrogen) atoms. The fraction of sp³-hybridized carbons (Fsp3) is 0.200. The highest BCUT2D eigenvalue weighted by atomic mass is 16.3. The molecule has 4 heteroatoms. The highest BCUT2D eigenvalue weighted by Gasteiger charge is 2.35. The predicted molar refractivity (Wildman–Crippen MR) is 136 cm³/mol. The van der Waals surface area contributed by atoms with Crippen molar-refractivity contribution in [3.63, 3.8) is 0 Å². The predicted octanol–water partition coefficient (Wildman–Crippen LogP) is 7.20. The van der Waals surface area contributed by atoms with Crippen LogP contribution in [0.3, 0.4) is 0 Å². The molecule has 4 aromatic rings. The maximum absolute atomic E-state index is 11.0. The summed E-state index contributed by atoms with van der Waals surface area (Å²) in [6, 6.07) is 25.0. The Morgan fingerprint density at radius 2 is 0.912 bits per heavy atom. The zero-order chi connectivity index (χ0) is 24.5. The van der Waals surface area contributed by atoms with Crippen LogP contribution in [0.15, 0.2) is 84.9 Å². The molecule has 0 saturated heterocycles. The molecule has 0 saturated carbocycles. The summed E-state index contributed by atoms with van der Waals surface area (Å²) >= 11 is 0. The van der Waals surface area contributed by atoms with E-state index in [1.165, 1.54) is 0 Å². The smallest absolute Gasteiger partial charge is 0.119 e. The summed E-state index contributed by atoms with van der Waals surface area (Å²) in [4.78, 5) is 0. The van der Waals surface area contributed by atoms with Gasteiger partial charge in [0.05, 0.1) is 0 Å². The molecule has 4 nitrogen and oxygen atoms in total. The van der Waals surface area contributed by atoms with Crippen LogP contribution in [0, 0.1) is 5.92 Å². The first kappa shape index (κ1) is 23.2. The first-order valence-electron chi connectivity index (χ1n) is 11.4. The summed E-state index contributed by atoms with van der Waals surface area (Å²) in [5, 5.41) is 41.3. The molecular formula is C30H30O4. The normalized spacial score (nSPS) is 11.6. The summed E-state index contributed by atoms with van der Waals surface area (Å²) in [7, 11) is 0. The van der Waals surface area contributed by atoms with Crippen LogP contribution in [0.1, 0.15) is 38.3 Å². The molecule has 4 aromatic carbocycles.